The molecule has 20 heavy (non-hydrogen) atoms. The van der Waals surface area contributed by atoms with Crippen LogP contribution in [-0.2, 0) is 6.54 Å². The molecule has 2 heterocycles. The molecule has 3 rings (SSSR count). The highest BCUT2D eigenvalue weighted by Crippen LogP contribution is 2.16. The Hall–Kier alpha value is -2.40. The lowest BCUT2D eigenvalue weighted by Crippen LogP contribution is -2.01. The van der Waals surface area contributed by atoms with Crippen LogP contribution in [0.4, 0.5) is 0 Å². The summed E-state index contributed by atoms with van der Waals surface area (Å²) in [5.74, 6) is -0.930. The van der Waals surface area contributed by atoms with Crippen molar-refractivity contribution >= 4 is 28.7 Å². The molecule has 3 aromatic rings. The fraction of sp³-hybridized carbons (Fsp3) is 0.0714. The Balaban J connectivity index is 1.91. The van der Waals surface area contributed by atoms with Gasteiger partial charge >= 0.3 is 5.97 Å². The van der Waals surface area contributed by atoms with Crippen molar-refractivity contribution in [1.82, 2.24) is 14.5 Å². The maximum atomic E-state index is 10.8. The molecule has 0 atom stereocenters. The predicted molar refractivity (Wildman–Crippen MR) is 75.0 cm³/mol. The molecule has 0 aliphatic carbocycles. The normalized spacial score (nSPS) is 10.8. The molecular formula is C14H10ClN3O2. The van der Waals surface area contributed by atoms with Crippen molar-refractivity contribution in [1.29, 1.82) is 0 Å². The fourth-order valence-corrected chi connectivity index (χ4v) is 2.14. The van der Waals surface area contributed by atoms with Crippen LogP contribution in [0.3, 0.4) is 0 Å². The second-order valence-corrected chi connectivity index (χ2v) is 4.81. The number of aromatic nitrogens is 3. The van der Waals surface area contributed by atoms with Crippen LogP contribution in [0.25, 0.3) is 11.2 Å². The number of benzene rings is 1. The molecule has 0 fully saturated rings. The van der Waals surface area contributed by atoms with Crippen LogP contribution < -0.4 is 0 Å². The number of imidazole rings is 1. The first kappa shape index (κ1) is 12.6. The minimum atomic E-state index is -0.930. The molecule has 100 valence electrons. The van der Waals surface area contributed by atoms with Crippen molar-refractivity contribution in [2.24, 2.45) is 0 Å². The van der Waals surface area contributed by atoms with E-state index < -0.39 is 5.97 Å². The van der Waals surface area contributed by atoms with Gasteiger partial charge in [0, 0.05) is 6.20 Å². The third-order valence-electron chi connectivity index (χ3n) is 2.98. The average molecular weight is 288 g/mol. The Bertz CT molecular complexity index is 781. The van der Waals surface area contributed by atoms with E-state index in [-0.39, 0.29) is 5.56 Å². The lowest BCUT2D eigenvalue weighted by Gasteiger charge is -2.04. The number of carboxylic acids is 1. The van der Waals surface area contributed by atoms with Gasteiger partial charge in [-0.1, -0.05) is 23.7 Å². The fourth-order valence-electron chi connectivity index (χ4n) is 1.99. The number of pyridine rings is 1. The SMILES string of the molecule is O=C(O)c1ccc(Cn2cnc3cc(Cl)cnc32)cc1. The van der Waals surface area contributed by atoms with Crippen molar-refractivity contribution in [2.45, 2.75) is 6.54 Å². The summed E-state index contributed by atoms with van der Waals surface area (Å²) in [5, 5.41) is 9.41. The summed E-state index contributed by atoms with van der Waals surface area (Å²) < 4.78 is 1.89. The van der Waals surface area contributed by atoms with Crippen LogP contribution in [0, 0.1) is 0 Å². The van der Waals surface area contributed by atoms with Crippen LogP contribution in [-0.4, -0.2) is 25.6 Å². The van der Waals surface area contributed by atoms with Gasteiger partial charge in [0.1, 0.15) is 5.52 Å². The molecule has 5 nitrogen and oxygen atoms in total. The smallest absolute Gasteiger partial charge is 0.335 e. The number of rotatable bonds is 3. The topological polar surface area (TPSA) is 68.0 Å². The average Bonchev–Trinajstić information content (AvgIpc) is 2.81. The van der Waals surface area contributed by atoms with E-state index in [1.807, 2.05) is 4.57 Å². The standard InChI is InChI=1S/C14H10ClN3O2/c15-11-5-12-13(16-6-11)18(8-17-12)7-9-1-3-10(4-2-9)14(19)20/h1-6,8H,7H2,(H,19,20). The summed E-state index contributed by atoms with van der Waals surface area (Å²) in [4.78, 5) is 19.3. The van der Waals surface area contributed by atoms with E-state index in [0.29, 0.717) is 11.6 Å². The summed E-state index contributed by atoms with van der Waals surface area (Å²) in [6, 6.07) is 8.49. The predicted octanol–water partition coefficient (Wildman–Crippen LogP) is 2.83. The number of hydrogen-bond acceptors (Lipinski definition) is 3. The van der Waals surface area contributed by atoms with E-state index in [4.69, 9.17) is 16.7 Å². The molecule has 6 heteroatoms. The van der Waals surface area contributed by atoms with Crippen molar-refractivity contribution < 1.29 is 9.90 Å². The molecule has 0 aliphatic heterocycles. The molecule has 0 spiro atoms. The van der Waals surface area contributed by atoms with Crippen molar-refractivity contribution in [2.75, 3.05) is 0 Å². The molecule has 2 aromatic heterocycles. The van der Waals surface area contributed by atoms with E-state index >= 15 is 0 Å². The molecular weight excluding hydrogens is 278 g/mol. The molecule has 1 aromatic carbocycles. The Morgan fingerprint density at radius 3 is 2.70 bits per heavy atom. The van der Waals surface area contributed by atoms with Crippen LogP contribution in [0.2, 0.25) is 5.02 Å². The van der Waals surface area contributed by atoms with Gasteiger partial charge < -0.3 is 9.67 Å². The number of hydrogen-bond donors (Lipinski definition) is 1. The molecule has 1 N–H and O–H groups in total. The van der Waals surface area contributed by atoms with E-state index in [2.05, 4.69) is 9.97 Å². The minimum Gasteiger partial charge on any atom is -0.478 e. The van der Waals surface area contributed by atoms with Gasteiger partial charge in [0.25, 0.3) is 0 Å². The quantitative estimate of drug-likeness (QED) is 0.804. The molecule has 0 bridgehead atoms. The minimum absolute atomic E-state index is 0.272. The van der Waals surface area contributed by atoms with Crippen molar-refractivity contribution in [3.63, 3.8) is 0 Å². The van der Waals surface area contributed by atoms with Gasteiger partial charge in [0.2, 0.25) is 0 Å². The van der Waals surface area contributed by atoms with E-state index in [9.17, 15) is 4.79 Å². The second-order valence-electron chi connectivity index (χ2n) is 4.37. The molecule has 0 saturated heterocycles. The Kier molecular flexibility index (Phi) is 3.12. The van der Waals surface area contributed by atoms with Gasteiger partial charge in [0.05, 0.1) is 23.5 Å². The summed E-state index contributed by atoms with van der Waals surface area (Å²) in [6.45, 7) is 0.574. The van der Waals surface area contributed by atoms with Crippen LogP contribution in [0.5, 0.6) is 0 Å². The monoisotopic (exact) mass is 287 g/mol. The third-order valence-corrected chi connectivity index (χ3v) is 3.18. The number of aromatic carboxylic acids is 1. The first-order valence-corrected chi connectivity index (χ1v) is 6.30. The lowest BCUT2D eigenvalue weighted by atomic mass is 10.1. The maximum Gasteiger partial charge on any atom is 0.335 e. The number of carbonyl (C=O) groups is 1. The Morgan fingerprint density at radius 2 is 2.00 bits per heavy atom. The summed E-state index contributed by atoms with van der Waals surface area (Å²) in [6.07, 6.45) is 3.27. The van der Waals surface area contributed by atoms with E-state index in [0.717, 1.165) is 16.7 Å². The zero-order chi connectivity index (χ0) is 14.1. The van der Waals surface area contributed by atoms with Crippen LogP contribution >= 0.6 is 11.6 Å². The zero-order valence-corrected chi connectivity index (χ0v) is 11.1. The third kappa shape index (κ3) is 2.35. The molecule has 0 saturated carbocycles. The first-order valence-electron chi connectivity index (χ1n) is 5.92. The first-order chi connectivity index (χ1) is 9.63. The molecule has 0 unspecified atom stereocenters. The van der Waals surface area contributed by atoms with Gasteiger partial charge in [-0.05, 0) is 23.8 Å². The lowest BCUT2D eigenvalue weighted by molar-refractivity contribution is 0.0697. The second kappa shape index (κ2) is 4.94. The van der Waals surface area contributed by atoms with E-state index in [1.165, 1.54) is 0 Å². The van der Waals surface area contributed by atoms with Crippen molar-refractivity contribution in [3.8, 4) is 0 Å². The Morgan fingerprint density at radius 1 is 1.25 bits per heavy atom. The number of fused-ring (bicyclic) bond motifs is 1. The van der Waals surface area contributed by atoms with Gasteiger partial charge in [-0.25, -0.2) is 14.8 Å². The summed E-state index contributed by atoms with van der Waals surface area (Å²) >= 11 is 5.87. The highest BCUT2D eigenvalue weighted by Gasteiger charge is 2.06. The number of halogens is 1. The van der Waals surface area contributed by atoms with E-state index in [1.54, 1.807) is 42.9 Å². The van der Waals surface area contributed by atoms with Gasteiger partial charge in [-0.2, -0.15) is 0 Å². The summed E-state index contributed by atoms with van der Waals surface area (Å²) in [5.41, 5.74) is 2.73. The largest absolute Gasteiger partial charge is 0.478 e. The van der Waals surface area contributed by atoms with Crippen LogP contribution in [0.15, 0.2) is 42.9 Å². The number of nitrogens with zero attached hydrogens (tertiary/aromatic N) is 3. The number of carboxylic acid groups (broad SMARTS) is 1. The van der Waals surface area contributed by atoms with Crippen molar-refractivity contribution in [3.05, 3.63) is 59.0 Å². The Labute approximate surface area is 119 Å². The summed E-state index contributed by atoms with van der Waals surface area (Å²) in [7, 11) is 0. The highest BCUT2D eigenvalue weighted by atomic mass is 35.5. The maximum absolute atomic E-state index is 10.8. The van der Waals surface area contributed by atoms with Gasteiger partial charge in [-0.3, -0.25) is 0 Å². The van der Waals surface area contributed by atoms with Gasteiger partial charge in [0.15, 0.2) is 5.65 Å². The molecule has 0 amide bonds. The highest BCUT2D eigenvalue weighted by molar-refractivity contribution is 6.31. The van der Waals surface area contributed by atoms with Crippen LogP contribution in [0.1, 0.15) is 15.9 Å². The molecule has 0 radical (unpaired) electrons. The molecule has 0 aliphatic rings. The van der Waals surface area contributed by atoms with Gasteiger partial charge in [-0.15, -0.1) is 0 Å². The zero-order valence-electron chi connectivity index (χ0n) is 10.3.